The molecular weight excluding hydrogens is 306 g/mol. The molecule has 1 rings (SSSR count). The Morgan fingerprint density at radius 1 is 1.41 bits per heavy atom. The van der Waals surface area contributed by atoms with Crippen molar-refractivity contribution in [2.45, 2.75) is 37.9 Å². The normalized spacial score (nSPS) is 21.1. The molecule has 1 amide bonds. The molecule has 17 heavy (non-hydrogen) atoms. The van der Waals surface area contributed by atoms with Gasteiger partial charge in [0.2, 0.25) is 5.91 Å². The van der Waals surface area contributed by atoms with Gasteiger partial charge < -0.3 is 5.32 Å². The number of hydrogen-bond donors (Lipinski definition) is 1. The van der Waals surface area contributed by atoms with Crippen LogP contribution in [0.15, 0.2) is 0 Å². The summed E-state index contributed by atoms with van der Waals surface area (Å²) in [7, 11) is -3.30. The molecule has 0 spiro atoms. The van der Waals surface area contributed by atoms with E-state index in [9.17, 15) is 13.2 Å². The first-order valence-corrected chi connectivity index (χ1v) is 8.91. The van der Waals surface area contributed by atoms with Crippen molar-refractivity contribution >= 4 is 31.7 Å². The number of sulfone groups is 1. The summed E-state index contributed by atoms with van der Waals surface area (Å²) < 4.78 is 22.5. The molecule has 0 radical (unpaired) electrons. The number of halogens is 1. The lowest BCUT2D eigenvalue weighted by Crippen LogP contribution is -2.43. The zero-order valence-electron chi connectivity index (χ0n) is 10.3. The van der Waals surface area contributed by atoms with Crippen molar-refractivity contribution in [2.24, 2.45) is 5.41 Å². The van der Waals surface area contributed by atoms with Crippen LogP contribution in [0.2, 0.25) is 0 Å². The molecule has 6 heteroatoms. The minimum Gasteiger partial charge on any atom is -0.354 e. The third kappa shape index (κ3) is 3.95. The van der Waals surface area contributed by atoms with Crippen molar-refractivity contribution in [3.05, 3.63) is 0 Å². The van der Waals surface area contributed by atoms with E-state index in [1.807, 2.05) is 0 Å². The molecule has 0 saturated heterocycles. The van der Waals surface area contributed by atoms with Crippen LogP contribution in [-0.2, 0) is 14.6 Å². The first-order chi connectivity index (χ1) is 7.81. The fourth-order valence-electron chi connectivity index (χ4n) is 2.10. The van der Waals surface area contributed by atoms with Gasteiger partial charge in [-0.2, -0.15) is 0 Å². The van der Waals surface area contributed by atoms with E-state index in [0.717, 1.165) is 24.4 Å². The second-order valence-electron chi connectivity index (χ2n) is 5.03. The van der Waals surface area contributed by atoms with Gasteiger partial charge in [0.1, 0.15) is 5.25 Å². The van der Waals surface area contributed by atoms with E-state index in [-0.39, 0.29) is 11.3 Å². The molecule has 4 nitrogen and oxygen atoms in total. The summed E-state index contributed by atoms with van der Waals surface area (Å²) in [6.45, 7) is 2.00. The topological polar surface area (TPSA) is 63.2 Å². The fraction of sp³-hybridized carbons (Fsp3) is 0.909. The van der Waals surface area contributed by atoms with Crippen molar-refractivity contribution in [1.29, 1.82) is 0 Å². The average molecular weight is 326 g/mol. The molecule has 1 unspecified atom stereocenters. The molecule has 0 aliphatic heterocycles. The van der Waals surface area contributed by atoms with Gasteiger partial charge in [-0.25, -0.2) is 8.42 Å². The van der Waals surface area contributed by atoms with Crippen molar-refractivity contribution in [1.82, 2.24) is 5.32 Å². The summed E-state index contributed by atoms with van der Waals surface area (Å²) in [6.07, 6.45) is 5.64. The highest BCUT2D eigenvalue weighted by Crippen LogP contribution is 2.38. The summed E-state index contributed by atoms with van der Waals surface area (Å²) >= 11 is 3.49. The third-order valence-corrected chi connectivity index (χ3v) is 6.28. The number of amides is 1. The number of nitrogens with one attached hydrogen (secondary N) is 1. The van der Waals surface area contributed by atoms with Crippen LogP contribution in [0.1, 0.15) is 32.6 Å². The summed E-state index contributed by atoms with van der Waals surface area (Å²) in [5.74, 6) is -0.389. The van der Waals surface area contributed by atoms with Crippen LogP contribution >= 0.6 is 15.9 Å². The average Bonchev–Trinajstić information content (AvgIpc) is 2.73. The lowest BCUT2D eigenvalue weighted by molar-refractivity contribution is -0.120. The number of rotatable bonds is 5. The van der Waals surface area contributed by atoms with Crippen LogP contribution in [0.25, 0.3) is 0 Å². The van der Waals surface area contributed by atoms with Gasteiger partial charge in [-0.3, -0.25) is 4.79 Å². The maximum atomic E-state index is 11.7. The van der Waals surface area contributed by atoms with Gasteiger partial charge in [0, 0.05) is 18.1 Å². The van der Waals surface area contributed by atoms with Crippen LogP contribution < -0.4 is 5.32 Å². The molecule has 1 fully saturated rings. The van der Waals surface area contributed by atoms with E-state index in [4.69, 9.17) is 0 Å². The molecule has 1 atom stereocenters. The molecule has 100 valence electrons. The molecule has 0 aromatic rings. The van der Waals surface area contributed by atoms with E-state index in [0.29, 0.717) is 6.54 Å². The predicted octanol–water partition coefficient (Wildman–Crippen LogP) is 1.49. The highest BCUT2D eigenvalue weighted by Gasteiger charge is 2.34. The monoisotopic (exact) mass is 325 g/mol. The van der Waals surface area contributed by atoms with E-state index in [1.54, 1.807) is 0 Å². The molecule has 0 aromatic heterocycles. The zero-order chi connectivity index (χ0) is 13.1. The number of carbonyl (C=O) groups is 1. The van der Waals surface area contributed by atoms with Crippen molar-refractivity contribution < 1.29 is 13.2 Å². The summed E-state index contributed by atoms with van der Waals surface area (Å²) in [5.41, 5.74) is 0.118. The van der Waals surface area contributed by atoms with Gasteiger partial charge in [0.05, 0.1) is 0 Å². The molecular formula is C11H20BrNO3S. The first kappa shape index (κ1) is 15.0. The maximum Gasteiger partial charge on any atom is 0.238 e. The Kier molecular flexibility index (Phi) is 5.01. The van der Waals surface area contributed by atoms with Crippen LogP contribution in [-0.4, -0.2) is 37.7 Å². The minimum absolute atomic E-state index is 0.118. The first-order valence-electron chi connectivity index (χ1n) is 5.83. The molecule has 0 bridgehead atoms. The second kappa shape index (κ2) is 5.69. The molecule has 0 heterocycles. The molecule has 1 aliphatic rings. The van der Waals surface area contributed by atoms with Crippen LogP contribution in [0.3, 0.4) is 0 Å². The van der Waals surface area contributed by atoms with Gasteiger partial charge in [0.25, 0.3) is 0 Å². The standard InChI is InChI=1S/C11H20BrNO3S/c1-9(17(2,15)16)10(14)13-8-11(7-12)5-3-4-6-11/h9H,3-8H2,1-2H3,(H,13,14). The summed E-state index contributed by atoms with van der Waals surface area (Å²) in [5, 5.41) is 2.67. The molecule has 0 aromatic carbocycles. The Labute approximate surface area is 112 Å². The zero-order valence-corrected chi connectivity index (χ0v) is 12.7. The van der Waals surface area contributed by atoms with Gasteiger partial charge in [0.15, 0.2) is 9.84 Å². The third-order valence-electron chi connectivity index (χ3n) is 3.60. The molecule has 1 N–H and O–H groups in total. The Hall–Kier alpha value is -0.100. The van der Waals surface area contributed by atoms with Crippen molar-refractivity contribution in [3.8, 4) is 0 Å². The lowest BCUT2D eigenvalue weighted by atomic mass is 9.89. The van der Waals surface area contributed by atoms with E-state index >= 15 is 0 Å². The number of carbonyl (C=O) groups excluding carboxylic acids is 1. The van der Waals surface area contributed by atoms with Crippen molar-refractivity contribution in [2.75, 3.05) is 18.1 Å². The highest BCUT2D eigenvalue weighted by atomic mass is 79.9. The van der Waals surface area contributed by atoms with Gasteiger partial charge in [-0.05, 0) is 25.2 Å². The highest BCUT2D eigenvalue weighted by molar-refractivity contribution is 9.09. The van der Waals surface area contributed by atoms with E-state index in [2.05, 4.69) is 21.2 Å². The Balaban J connectivity index is 2.53. The quantitative estimate of drug-likeness (QED) is 0.779. The summed E-state index contributed by atoms with van der Waals surface area (Å²) in [6, 6.07) is 0. The fourth-order valence-corrected chi connectivity index (χ4v) is 3.33. The SMILES string of the molecule is CC(C(=O)NCC1(CBr)CCCC1)S(C)(=O)=O. The minimum atomic E-state index is -3.30. The second-order valence-corrected chi connectivity index (χ2v) is 7.96. The Morgan fingerprint density at radius 3 is 2.35 bits per heavy atom. The lowest BCUT2D eigenvalue weighted by Gasteiger charge is -2.27. The number of hydrogen-bond acceptors (Lipinski definition) is 3. The van der Waals surface area contributed by atoms with Crippen LogP contribution in [0, 0.1) is 5.41 Å². The van der Waals surface area contributed by atoms with E-state index < -0.39 is 15.1 Å². The Bertz CT molecular complexity index is 374. The van der Waals surface area contributed by atoms with Gasteiger partial charge in [-0.1, -0.05) is 28.8 Å². The van der Waals surface area contributed by atoms with Crippen LogP contribution in [0.5, 0.6) is 0 Å². The largest absolute Gasteiger partial charge is 0.354 e. The van der Waals surface area contributed by atoms with E-state index in [1.165, 1.54) is 19.8 Å². The van der Waals surface area contributed by atoms with Gasteiger partial charge >= 0.3 is 0 Å². The van der Waals surface area contributed by atoms with Crippen LogP contribution in [0.4, 0.5) is 0 Å². The predicted molar refractivity (Wildman–Crippen MR) is 72.0 cm³/mol. The van der Waals surface area contributed by atoms with Crippen molar-refractivity contribution in [3.63, 3.8) is 0 Å². The molecule has 1 aliphatic carbocycles. The summed E-state index contributed by atoms with van der Waals surface area (Å²) in [4.78, 5) is 11.7. The molecule has 1 saturated carbocycles. The smallest absolute Gasteiger partial charge is 0.238 e. The Morgan fingerprint density at radius 2 is 1.94 bits per heavy atom. The number of alkyl halides is 1. The maximum absolute atomic E-state index is 11.7. The van der Waals surface area contributed by atoms with Gasteiger partial charge in [-0.15, -0.1) is 0 Å².